The van der Waals surface area contributed by atoms with Crippen molar-refractivity contribution in [2.75, 3.05) is 10.6 Å². The first-order chi connectivity index (χ1) is 11.2. The number of hydrogen-bond donors (Lipinski definition) is 2. The van der Waals surface area contributed by atoms with Gasteiger partial charge in [-0.05, 0) is 42.8 Å². The van der Waals surface area contributed by atoms with Crippen LogP contribution in [0.15, 0.2) is 42.5 Å². The molecule has 24 heavy (non-hydrogen) atoms. The van der Waals surface area contributed by atoms with E-state index >= 15 is 0 Å². The Labute approximate surface area is 140 Å². The summed E-state index contributed by atoms with van der Waals surface area (Å²) in [5, 5.41) is 4.31. The van der Waals surface area contributed by atoms with Crippen LogP contribution >= 0.6 is 11.6 Å². The minimum Gasteiger partial charge on any atom is -0.318 e. The van der Waals surface area contributed by atoms with Crippen molar-refractivity contribution in [1.82, 2.24) is 0 Å². The van der Waals surface area contributed by atoms with E-state index in [9.17, 15) is 22.8 Å². The highest BCUT2D eigenvalue weighted by Gasteiger charge is 2.31. The number of benzene rings is 2. The van der Waals surface area contributed by atoms with Crippen LogP contribution in [0.4, 0.5) is 24.5 Å². The second-order valence-corrected chi connectivity index (χ2v) is 5.38. The van der Waals surface area contributed by atoms with Gasteiger partial charge in [0.2, 0.25) is 0 Å². The van der Waals surface area contributed by atoms with Gasteiger partial charge in [-0.25, -0.2) is 0 Å². The summed E-state index contributed by atoms with van der Waals surface area (Å²) in [6.07, 6.45) is -4.59. The van der Waals surface area contributed by atoms with Gasteiger partial charge in [-0.2, -0.15) is 13.2 Å². The average Bonchev–Trinajstić information content (AvgIpc) is 2.48. The third-order valence-corrected chi connectivity index (χ3v) is 3.35. The lowest BCUT2D eigenvalue weighted by Gasteiger charge is -2.11. The van der Waals surface area contributed by atoms with Crippen molar-refractivity contribution in [3.63, 3.8) is 0 Å². The fourth-order valence-corrected chi connectivity index (χ4v) is 2.05. The zero-order chi connectivity index (χ0) is 17.9. The second-order valence-electron chi connectivity index (χ2n) is 4.97. The van der Waals surface area contributed by atoms with Gasteiger partial charge in [-0.15, -0.1) is 0 Å². The quantitative estimate of drug-likeness (QED) is 0.790. The second kappa shape index (κ2) is 6.92. The molecule has 0 unspecified atom stereocenters. The first kappa shape index (κ1) is 17.8. The smallest absolute Gasteiger partial charge is 0.318 e. The third kappa shape index (κ3) is 4.48. The van der Waals surface area contributed by atoms with Crippen LogP contribution in [0.25, 0.3) is 0 Å². The molecule has 8 heteroatoms. The minimum absolute atomic E-state index is 0.111. The first-order valence-corrected chi connectivity index (χ1v) is 7.10. The molecule has 2 aromatic rings. The van der Waals surface area contributed by atoms with E-state index in [1.807, 2.05) is 0 Å². The monoisotopic (exact) mass is 356 g/mol. The molecule has 0 saturated heterocycles. The molecule has 0 atom stereocenters. The summed E-state index contributed by atoms with van der Waals surface area (Å²) in [5.41, 5.74) is -0.0170. The van der Waals surface area contributed by atoms with Crippen LogP contribution in [-0.4, -0.2) is 11.8 Å². The molecule has 0 aliphatic carbocycles. The number of rotatable bonds is 2. The summed E-state index contributed by atoms with van der Waals surface area (Å²) in [6.45, 7) is 1.80. The highest BCUT2D eigenvalue weighted by atomic mass is 35.5. The number of hydrogen-bond acceptors (Lipinski definition) is 2. The first-order valence-electron chi connectivity index (χ1n) is 6.72. The third-order valence-electron chi connectivity index (χ3n) is 3.02. The molecule has 0 aliphatic heterocycles. The maximum Gasteiger partial charge on any atom is 0.416 e. The van der Waals surface area contributed by atoms with Crippen molar-refractivity contribution in [1.29, 1.82) is 0 Å². The van der Waals surface area contributed by atoms with Crippen molar-refractivity contribution in [2.45, 2.75) is 13.1 Å². The van der Waals surface area contributed by atoms with E-state index < -0.39 is 23.6 Å². The van der Waals surface area contributed by atoms with E-state index in [1.54, 1.807) is 31.2 Å². The van der Waals surface area contributed by atoms with Gasteiger partial charge in [0.15, 0.2) is 0 Å². The van der Waals surface area contributed by atoms with Crippen molar-refractivity contribution in [3.8, 4) is 0 Å². The molecule has 4 nitrogen and oxygen atoms in total. The van der Waals surface area contributed by atoms with E-state index in [-0.39, 0.29) is 10.7 Å². The number of alkyl halides is 3. The molecule has 0 fully saturated rings. The zero-order valence-corrected chi connectivity index (χ0v) is 13.1. The topological polar surface area (TPSA) is 58.2 Å². The molecular weight excluding hydrogens is 345 g/mol. The summed E-state index contributed by atoms with van der Waals surface area (Å²) in [7, 11) is 0. The fourth-order valence-electron chi connectivity index (χ4n) is 1.89. The van der Waals surface area contributed by atoms with Gasteiger partial charge in [-0.1, -0.05) is 23.7 Å². The van der Waals surface area contributed by atoms with Crippen LogP contribution in [0.3, 0.4) is 0 Å². The number of anilines is 2. The normalized spacial score (nSPS) is 11.0. The molecular formula is C16H12ClF3N2O2. The molecule has 2 amide bonds. The van der Waals surface area contributed by atoms with Gasteiger partial charge < -0.3 is 10.6 Å². The molecule has 2 N–H and O–H groups in total. The Balaban J connectivity index is 2.13. The maximum atomic E-state index is 12.7. The molecule has 0 saturated carbocycles. The lowest BCUT2D eigenvalue weighted by atomic mass is 10.2. The molecule has 0 aliphatic rings. The Hall–Kier alpha value is -2.54. The van der Waals surface area contributed by atoms with Crippen LogP contribution in [-0.2, 0) is 15.8 Å². The van der Waals surface area contributed by atoms with Gasteiger partial charge in [0.1, 0.15) is 0 Å². The van der Waals surface area contributed by atoms with E-state index in [0.29, 0.717) is 11.8 Å². The van der Waals surface area contributed by atoms with Crippen LogP contribution in [0.5, 0.6) is 0 Å². The number of carbonyl (C=O) groups excluding carboxylic acids is 2. The summed E-state index contributed by atoms with van der Waals surface area (Å²) >= 11 is 5.76. The Morgan fingerprint density at radius 2 is 1.67 bits per heavy atom. The Morgan fingerprint density at radius 3 is 2.29 bits per heavy atom. The Morgan fingerprint density at radius 1 is 1.00 bits per heavy atom. The fraction of sp³-hybridized carbons (Fsp3) is 0.125. The van der Waals surface area contributed by atoms with Gasteiger partial charge in [-0.3, -0.25) is 9.59 Å². The number of nitrogens with one attached hydrogen (secondary N) is 2. The highest BCUT2D eigenvalue weighted by Crippen LogP contribution is 2.33. The van der Waals surface area contributed by atoms with E-state index in [2.05, 4.69) is 10.6 Å². The standard InChI is InChI=1S/C16H12ClF3N2O2/c1-9-3-2-4-11(7-9)21-14(23)15(24)22-13-8-10(16(18,19)20)5-6-12(13)17/h2-8H,1H3,(H,21,23)(H,22,24). The lowest BCUT2D eigenvalue weighted by molar-refractivity contribution is -0.137. The number of carbonyl (C=O) groups is 2. The van der Waals surface area contributed by atoms with Gasteiger partial charge in [0.25, 0.3) is 0 Å². The van der Waals surface area contributed by atoms with Gasteiger partial charge in [0, 0.05) is 5.69 Å². The minimum atomic E-state index is -4.59. The molecule has 0 radical (unpaired) electrons. The Bertz CT molecular complexity index is 791. The van der Waals surface area contributed by atoms with Crippen LogP contribution < -0.4 is 10.6 Å². The molecule has 2 aromatic carbocycles. The maximum absolute atomic E-state index is 12.7. The summed E-state index contributed by atoms with van der Waals surface area (Å²) in [4.78, 5) is 23.7. The summed E-state index contributed by atoms with van der Waals surface area (Å²) in [6, 6.07) is 9.16. The van der Waals surface area contributed by atoms with Crippen molar-refractivity contribution in [2.24, 2.45) is 0 Å². The van der Waals surface area contributed by atoms with Gasteiger partial charge >= 0.3 is 18.0 Å². The Kier molecular flexibility index (Phi) is 5.14. The van der Waals surface area contributed by atoms with E-state index in [4.69, 9.17) is 11.6 Å². The summed E-state index contributed by atoms with van der Waals surface area (Å²) < 4.78 is 38.1. The zero-order valence-electron chi connectivity index (χ0n) is 12.4. The van der Waals surface area contributed by atoms with E-state index in [0.717, 1.165) is 17.7 Å². The van der Waals surface area contributed by atoms with Gasteiger partial charge in [0.05, 0.1) is 16.3 Å². The largest absolute Gasteiger partial charge is 0.416 e. The highest BCUT2D eigenvalue weighted by molar-refractivity contribution is 6.44. The molecule has 0 aromatic heterocycles. The predicted octanol–water partition coefficient (Wildman–Crippen LogP) is 4.24. The van der Waals surface area contributed by atoms with Crippen molar-refractivity contribution < 1.29 is 22.8 Å². The van der Waals surface area contributed by atoms with Crippen LogP contribution in [0.1, 0.15) is 11.1 Å². The van der Waals surface area contributed by atoms with E-state index in [1.165, 1.54) is 0 Å². The molecule has 126 valence electrons. The van der Waals surface area contributed by atoms with Crippen LogP contribution in [0, 0.1) is 6.92 Å². The molecule has 0 bridgehead atoms. The van der Waals surface area contributed by atoms with Crippen molar-refractivity contribution >= 4 is 34.8 Å². The van der Waals surface area contributed by atoms with Crippen molar-refractivity contribution in [3.05, 3.63) is 58.6 Å². The predicted molar refractivity (Wildman–Crippen MR) is 84.9 cm³/mol. The number of halogens is 4. The number of amides is 2. The molecule has 2 rings (SSSR count). The number of aryl methyl sites for hydroxylation is 1. The summed E-state index contributed by atoms with van der Waals surface area (Å²) in [5.74, 6) is -2.15. The average molecular weight is 357 g/mol. The van der Waals surface area contributed by atoms with Crippen LogP contribution in [0.2, 0.25) is 5.02 Å². The lowest BCUT2D eigenvalue weighted by Crippen LogP contribution is -2.29. The molecule has 0 heterocycles. The molecule has 0 spiro atoms. The SMILES string of the molecule is Cc1cccc(NC(=O)C(=O)Nc2cc(C(F)(F)F)ccc2Cl)c1.